The predicted molar refractivity (Wildman–Crippen MR) is 77.6 cm³/mol. The van der Waals surface area contributed by atoms with Gasteiger partial charge in [-0.2, -0.15) is 0 Å². The second kappa shape index (κ2) is 4.43. The molecule has 3 rings (SSSR count). The summed E-state index contributed by atoms with van der Waals surface area (Å²) in [6, 6.07) is 16.2. The van der Waals surface area contributed by atoms with Gasteiger partial charge in [-0.1, -0.05) is 36.4 Å². The number of aromatic nitrogens is 2. The van der Waals surface area contributed by atoms with Gasteiger partial charge in [0.25, 0.3) is 5.56 Å². The van der Waals surface area contributed by atoms with Crippen molar-refractivity contribution in [1.29, 1.82) is 0 Å². The zero-order valence-corrected chi connectivity index (χ0v) is 11.1. The quantitative estimate of drug-likeness (QED) is 0.747. The topological polar surface area (TPSA) is 37.8 Å². The molecule has 3 aromatic rings. The number of hydrogen-bond acceptors (Lipinski definition) is 1. The minimum atomic E-state index is 0.00538. The van der Waals surface area contributed by atoms with Crippen LogP contribution in [0.2, 0.25) is 0 Å². The molecule has 2 aromatic carbocycles. The zero-order chi connectivity index (χ0) is 13.4. The Morgan fingerprint density at radius 2 is 1.79 bits per heavy atom. The molecule has 0 aliphatic rings. The van der Waals surface area contributed by atoms with Crippen LogP contribution in [0, 0.1) is 6.92 Å². The molecule has 0 saturated heterocycles. The fourth-order valence-corrected chi connectivity index (χ4v) is 2.44. The molecule has 1 N–H and O–H groups in total. The Bertz CT molecular complexity index is 783. The summed E-state index contributed by atoms with van der Waals surface area (Å²) in [6.07, 6.45) is 0. The van der Waals surface area contributed by atoms with E-state index in [1.54, 1.807) is 10.7 Å². The van der Waals surface area contributed by atoms with Gasteiger partial charge in [0.1, 0.15) is 0 Å². The Labute approximate surface area is 111 Å². The predicted octanol–water partition coefficient (Wildman–Crippen LogP) is 3.25. The molecule has 0 amide bonds. The molecular weight excluding hydrogens is 236 g/mol. The molecule has 0 aliphatic heterocycles. The Morgan fingerprint density at radius 1 is 1.05 bits per heavy atom. The molecule has 1 aromatic heterocycles. The summed E-state index contributed by atoms with van der Waals surface area (Å²) in [7, 11) is 0. The van der Waals surface area contributed by atoms with Gasteiger partial charge in [-0.25, -0.2) is 4.68 Å². The van der Waals surface area contributed by atoms with E-state index >= 15 is 0 Å². The number of hydrogen-bond donors (Lipinski definition) is 1. The first-order valence-corrected chi connectivity index (χ1v) is 6.42. The average molecular weight is 252 g/mol. The standard InChI is InChI=1S/C16H16N2O/c1-11-9-16(19)18(17-11)12(2)14-8-7-13-5-3-4-6-15(13)10-14/h3-10,12,17H,1-2H3. The maximum atomic E-state index is 11.9. The average Bonchev–Trinajstić information content (AvgIpc) is 2.76. The van der Waals surface area contributed by atoms with Crippen molar-refractivity contribution >= 4 is 10.8 Å². The van der Waals surface area contributed by atoms with Gasteiger partial charge in [0.15, 0.2) is 0 Å². The van der Waals surface area contributed by atoms with Crippen molar-refractivity contribution in [3.63, 3.8) is 0 Å². The first kappa shape index (κ1) is 11.8. The second-order valence-corrected chi connectivity index (χ2v) is 4.93. The molecule has 0 spiro atoms. The highest BCUT2D eigenvalue weighted by Crippen LogP contribution is 2.21. The van der Waals surface area contributed by atoms with Crippen LogP contribution in [0.5, 0.6) is 0 Å². The van der Waals surface area contributed by atoms with Crippen LogP contribution in [0.25, 0.3) is 10.8 Å². The van der Waals surface area contributed by atoms with Gasteiger partial charge in [0.05, 0.1) is 6.04 Å². The third-order valence-corrected chi connectivity index (χ3v) is 3.52. The van der Waals surface area contributed by atoms with Crippen LogP contribution in [0.4, 0.5) is 0 Å². The van der Waals surface area contributed by atoms with Crippen molar-refractivity contribution in [2.24, 2.45) is 0 Å². The summed E-state index contributed by atoms with van der Waals surface area (Å²) in [5.41, 5.74) is 2.03. The van der Waals surface area contributed by atoms with Gasteiger partial charge < -0.3 is 0 Å². The van der Waals surface area contributed by atoms with Crippen molar-refractivity contribution in [2.75, 3.05) is 0 Å². The smallest absolute Gasteiger partial charge is 0.267 e. The number of fused-ring (bicyclic) bond motifs is 1. The molecule has 0 saturated carbocycles. The number of aromatic amines is 1. The van der Waals surface area contributed by atoms with Gasteiger partial charge in [0, 0.05) is 11.8 Å². The number of rotatable bonds is 2. The lowest BCUT2D eigenvalue weighted by atomic mass is 10.0. The highest BCUT2D eigenvalue weighted by atomic mass is 16.1. The van der Waals surface area contributed by atoms with E-state index in [0.29, 0.717) is 0 Å². The molecule has 0 fully saturated rings. The minimum absolute atomic E-state index is 0.00538. The summed E-state index contributed by atoms with van der Waals surface area (Å²) in [4.78, 5) is 11.9. The fraction of sp³-hybridized carbons (Fsp3) is 0.188. The van der Waals surface area contributed by atoms with E-state index in [4.69, 9.17) is 0 Å². The van der Waals surface area contributed by atoms with Crippen molar-refractivity contribution in [3.05, 3.63) is 70.1 Å². The Morgan fingerprint density at radius 3 is 2.47 bits per heavy atom. The molecule has 19 heavy (non-hydrogen) atoms. The Hall–Kier alpha value is -2.29. The molecule has 1 unspecified atom stereocenters. The van der Waals surface area contributed by atoms with Crippen LogP contribution < -0.4 is 5.56 Å². The van der Waals surface area contributed by atoms with Gasteiger partial charge in [0.2, 0.25) is 0 Å². The summed E-state index contributed by atoms with van der Waals surface area (Å²) >= 11 is 0. The lowest BCUT2D eigenvalue weighted by Crippen LogP contribution is -2.20. The van der Waals surface area contributed by atoms with Crippen molar-refractivity contribution in [1.82, 2.24) is 9.78 Å². The van der Waals surface area contributed by atoms with Crippen LogP contribution in [0.15, 0.2) is 53.3 Å². The maximum absolute atomic E-state index is 11.9. The molecule has 0 radical (unpaired) electrons. The zero-order valence-electron chi connectivity index (χ0n) is 11.1. The summed E-state index contributed by atoms with van der Waals surface area (Å²) in [5, 5.41) is 5.51. The van der Waals surface area contributed by atoms with Crippen molar-refractivity contribution < 1.29 is 0 Å². The van der Waals surface area contributed by atoms with E-state index in [1.807, 2.05) is 26.0 Å². The van der Waals surface area contributed by atoms with E-state index in [2.05, 4.69) is 35.4 Å². The van der Waals surface area contributed by atoms with E-state index in [0.717, 1.165) is 11.3 Å². The number of aryl methyl sites for hydroxylation is 1. The fourth-order valence-electron chi connectivity index (χ4n) is 2.44. The number of nitrogens with one attached hydrogen (secondary N) is 1. The lowest BCUT2D eigenvalue weighted by molar-refractivity contribution is 0.545. The molecule has 1 atom stereocenters. The number of H-pyrrole nitrogens is 1. The minimum Gasteiger partial charge on any atom is -0.299 e. The number of nitrogens with zero attached hydrogens (tertiary/aromatic N) is 1. The van der Waals surface area contributed by atoms with Crippen LogP contribution >= 0.6 is 0 Å². The highest BCUT2D eigenvalue weighted by Gasteiger charge is 2.11. The van der Waals surface area contributed by atoms with Crippen LogP contribution in [-0.2, 0) is 0 Å². The second-order valence-electron chi connectivity index (χ2n) is 4.93. The largest absolute Gasteiger partial charge is 0.299 e. The summed E-state index contributed by atoms with van der Waals surface area (Å²) in [6.45, 7) is 3.92. The molecule has 0 bridgehead atoms. The normalized spacial score (nSPS) is 12.7. The van der Waals surface area contributed by atoms with Crippen molar-refractivity contribution in [3.8, 4) is 0 Å². The summed E-state index contributed by atoms with van der Waals surface area (Å²) < 4.78 is 1.67. The van der Waals surface area contributed by atoms with Crippen molar-refractivity contribution in [2.45, 2.75) is 19.9 Å². The number of benzene rings is 2. The third-order valence-electron chi connectivity index (χ3n) is 3.52. The van der Waals surface area contributed by atoms with Crippen LogP contribution in [-0.4, -0.2) is 9.78 Å². The molecule has 96 valence electrons. The van der Waals surface area contributed by atoms with Gasteiger partial charge >= 0.3 is 0 Å². The van der Waals surface area contributed by atoms with E-state index in [-0.39, 0.29) is 11.6 Å². The first-order valence-electron chi connectivity index (χ1n) is 6.42. The molecule has 3 heteroatoms. The third kappa shape index (κ3) is 2.08. The van der Waals surface area contributed by atoms with Crippen LogP contribution in [0.3, 0.4) is 0 Å². The molecule has 0 aliphatic carbocycles. The van der Waals surface area contributed by atoms with Gasteiger partial charge in [-0.15, -0.1) is 0 Å². The maximum Gasteiger partial charge on any atom is 0.267 e. The highest BCUT2D eigenvalue weighted by molar-refractivity contribution is 5.83. The first-order chi connectivity index (χ1) is 9.15. The molecule has 1 heterocycles. The van der Waals surface area contributed by atoms with Gasteiger partial charge in [-0.3, -0.25) is 9.89 Å². The SMILES string of the molecule is Cc1cc(=O)n(C(C)c2ccc3ccccc3c2)[nH]1. The molecule has 3 nitrogen and oxygen atoms in total. The Balaban J connectivity index is 2.08. The lowest BCUT2D eigenvalue weighted by Gasteiger charge is -2.13. The van der Waals surface area contributed by atoms with E-state index in [9.17, 15) is 4.79 Å². The van der Waals surface area contributed by atoms with E-state index in [1.165, 1.54) is 10.8 Å². The van der Waals surface area contributed by atoms with Crippen LogP contribution in [0.1, 0.15) is 24.2 Å². The van der Waals surface area contributed by atoms with Gasteiger partial charge in [-0.05, 0) is 36.2 Å². The Kier molecular flexibility index (Phi) is 2.75. The summed E-state index contributed by atoms with van der Waals surface area (Å²) in [5.74, 6) is 0. The monoisotopic (exact) mass is 252 g/mol. The molecular formula is C16H16N2O. The van der Waals surface area contributed by atoms with E-state index < -0.39 is 0 Å².